The van der Waals surface area contributed by atoms with Crippen LogP contribution in [0.15, 0.2) is 0 Å². The third-order valence-corrected chi connectivity index (χ3v) is 4.00. The molecule has 0 aromatic carbocycles. The van der Waals surface area contributed by atoms with Crippen LogP contribution in [0.25, 0.3) is 0 Å². The molecule has 0 unspecified atom stereocenters. The van der Waals surface area contributed by atoms with E-state index >= 15 is 0 Å². The summed E-state index contributed by atoms with van der Waals surface area (Å²) in [6.07, 6.45) is 9.62. The Kier molecular flexibility index (Phi) is 1.00. The van der Waals surface area contributed by atoms with Crippen molar-refractivity contribution < 1.29 is 1.43 Å². The minimum absolute atomic E-state index is 0. The van der Waals surface area contributed by atoms with Crippen LogP contribution in [0.4, 0.5) is 0 Å². The third-order valence-electron chi connectivity index (χ3n) is 4.00. The van der Waals surface area contributed by atoms with Crippen molar-refractivity contribution in [2.75, 3.05) is 0 Å². The first-order valence-corrected chi connectivity index (χ1v) is 4.90. The van der Waals surface area contributed by atoms with Gasteiger partial charge in [-0.05, 0) is 62.2 Å². The summed E-state index contributed by atoms with van der Waals surface area (Å²) in [4.78, 5) is 0. The highest BCUT2D eigenvalue weighted by Gasteiger charge is 2.41. The molecule has 0 N–H and O–H groups in total. The monoisotopic (exact) mass is 138 g/mol. The lowest BCUT2D eigenvalue weighted by Gasteiger charge is -2.49. The van der Waals surface area contributed by atoms with Crippen molar-refractivity contribution in [1.82, 2.24) is 0 Å². The summed E-state index contributed by atoms with van der Waals surface area (Å²) in [5.41, 5.74) is 0. The second-order valence-corrected chi connectivity index (χ2v) is 4.88. The van der Waals surface area contributed by atoms with Crippen LogP contribution >= 0.6 is 0 Å². The first-order chi connectivity index (χ1) is 4.90. The molecular weight excluding hydrogens is 120 g/mol. The standard InChI is InChI=1S/C10H16.H2/c1-7-2-9-4-8(1)5-10(3-7)6-9;/h7-10H,1-6H2;1H. The molecule has 0 amide bonds. The van der Waals surface area contributed by atoms with Crippen molar-refractivity contribution in [3.8, 4) is 0 Å². The Morgan fingerprint density at radius 1 is 0.500 bits per heavy atom. The minimum Gasteiger partial charge on any atom is -0.0475 e. The predicted molar refractivity (Wildman–Crippen MR) is 43.8 cm³/mol. The van der Waals surface area contributed by atoms with E-state index in [-0.39, 0.29) is 1.43 Å². The van der Waals surface area contributed by atoms with Gasteiger partial charge in [-0.2, -0.15) is 0 Å². The molecule has 10 heavy (non-hydrogen) atoms. The minimum atomic E-state index is 0. The van der Waals surface area contributed by atoms with E-state index in [9.17, 15) is 0 Å². The van der Waals surface area contributed by atoms with E-state index in [0.29, 0.717) is 0 Å². The van der Waals surface area contributed by atoms with Gasteiger partial charge in [0.2, 0.25) is 0 Å². The number of rotatable bonds is 0. The smallest absolute Gasteiger partial charge is 0 e. The van der Waals surface area contributed by atoms with Gasteiger partial charge < -0.3 is 0 Å². The van der Waals surface area contributed by atoms with Crippen LogP contribution in [-0.4, -0.2) is 0 Å². The zero-order valence-electron chi connectivity index (χ0n) is 6.55. The van der Waals surface area contributed by atoms with Crippen LogP contribution in [0.2, 0.25) is 0 Å². The van der Waals surface area contributed by atoms with Gasteiger partial charge in [-0.15, -0.1) is 0 Å². The summed E-state index contributed by atoms with van der Waals surface area (Å²) in [5, 5.41) is 0. The van der Waals surface area contributed by atoms with Gasteiger partial charge in [0.1, 0.15) is 0 Å². The summed E-state index contributed by atoms with van der Waals surface area (Å²) in [6.45, 7) is 0. The van der Waals surface area contributed by atoms with Gasteiger partial charge in [-0.1, -0.05) is 0 Å². The van der Waals surface area contributed by atoms with Crippen LogP contribution in [0.3, 0.4) is 0 Å². The van der Waals surface area contributed by atoms with Gasteiger partial charge in [0, 0.05) is 1.43 Å². The zero-order chi connectivity index (χ0) is 6.55. The second-order valence-electron chi connectivity index (χ2n) is 4.88. The molecule has 4 saturated carbocycles. The molecule has 0 aliphatic heterocycles. The summed E-state index contributed by atoms with van der Waals surface area (Å²) in [5.74, 6) is 4.71. The van der Waals surface area contributed by atoms with Crippen LogP contribution in [0.5, 0.6) is 0 Å². The lowest BCUT2D eigenvalue weighted by molar-refractivity contribution is 0.0198. The molecule has 0 spiro atoms. The van der Waals surface area contributed by atoms with Crippen molar-refractivity contribution in [2.45, 2.75) is 38.5 Å². The topological polar surface area (TPSA) is 0 Å². The first kappa shape index (κ1) is 5.62. The van der Waals surface area contributed by atoms with E-state index < -0.39 is 0 Å². The molecule has 0 nitrogen and oxygen atoms in total. The molecule has 0 radical (unpaired) electrons. The highest BCUT2D eigenvalue weighted by atomic mass is 14.5. The van der Waals surface area contributed by atoms with Crippen LogP contribution in [0.1, 0.15) is 40.0 Å². The fourth-order valence-corrected chi connectivity index (χ4v) is 3.98. The average Bonchev–Trinajstić information content (AvgIpc) is 1.82. The van der Waals surface area contributed by atoms with E-state index in [0.717, 1.165) is 0 Å². The van der Waals surface area contributed by atoms with Crippen molar-refractivity contribution in [3.63, 3.8) is 0 Å². The molecule has 0 aromatic rings. The SMILES string of the molecule is C1C2CC3CC1CC(C2)C3.[HH]. The lowest BCUT2D eigenvalue weighted by atomic mass is 9.56. The van der Waals surface area contributed by atoms with Gasteiger partial charge in [-0.25, -0.2) is 0 Å². The van der Waals surface area contributed by atoms with E-state index in [4.69, 9.17) is 0 Å². The van der Waals surface area contributed by atoms with Gasteiger partial charge in [0.05, 0.1) is 0 Å². The van der Waals surface area contributed by atoms with Crippen LogP contribution in [-0.2, 0) is 0 Å². The quantitative estimate of drug-likeness (QED) is 0.482. The molecule has 0 atom stereocenters. The van der Waals surface area contributed by atoms with Crippen LogP contribution < -0.4 is 0 Å². The Bertz CT molecular complexity index is 96.4. The Balaban J connectivity index is 0.000000480. The molecule has 0 heterocycles. The molecular formula is C10H18. The van der Waals surface area contributed by atoms with Crippen molar-refractivity contribution >= 4 is 0 Å². The molecule has 4 aliphatic carbocycles. The molecule has 0 heteroatoms. The average molecular weight is 138 g/mol. The van der Waals surface area contributed by atoms with Gasteiger partial charge in [0.15, 0.2) is 0 Å². The Hall–Kier alpha value is 0. The number of hydrogen-bond donors (Lipinski definition) is 0. The van der Waals surface area contributed by atoms with Crippen molar-refractivity contribution in [2.24, 2.45) is 23.7 Å². The molecule has 4 rings (SSSR count). The molecule has 0 saturated heterocycles. The van der Waals surface area contributed by atoms with Gasteiger partial charge in [-0.3, -0.25) is 0 Å². The second kappa shape index (κ2) is 1.78. The maximum atomic E-state index is 1.60. The van der Waals surface area contributed by atoms with Crippen molar-refractivity contribution in [3.05, 3.63) is 0 Å². The normalized spacial score (nSPS) is 57.6. The van der Waals surface area contributed by atoms with Gasteiger partial charge >= 0.3 is 0 Å². The van der Waals surface area contributed by atoms with Gasteiger partial charge in [0.25, 0.3) is 0 Å². The Morgan fingerprint density at radius 3 is 0.900 bits per heavy atom. The largest absolute Gasteiger partial charge is 0.0475 e. The zero-order valence-corrected chi connectivity index (χ0v) is 6.55. The summed E-state index contributed by atoms with van der Waals surface area (Å²) in [6, 6.07) is 0. The maximum absolute atomic E-state index is 1.60. The maximum Gasteiger partial charge on any atom is 0 e. The summed E-state index contributed by atoms with van der Waals surface area (Å²) in [7, 11) is 0. The molecule has 0 aromatic heterocycles. The first-order valence-electron chi connectivity index (χ1n) is 4.90. The van der Waals surface area contributed by atoms with E-state index in [1.807, 2.05) is 0 Å². The fourth-order valence-electron chi connectivity index (χ4n) is 3.98. The number of hydrogen-bond acceptors (Lipinski definition) is 0. The molecule has 4 fully saturated rings. The van der Waals surface area contributed by atoms with Crippen molar-refractivity contribution in [1.29, 1.82) is 0 Å². The molecule has 4 aliphatic rings. The highest BCUT2D eigenvalue weighted by molar-refractivity contribution is 4.92. The fraction of sp³-hybridized carbons (Fsp3) is 1.00. The predicted octanol–water partition coefficient (Wildman–Crippen LogP) is 3.08. The summed E-state index contributed by atoms with van der Waals surface area (Å²) < 4.78 is 0. The van der Waals surface area contributed by atoms with E-state index in [2.05, 4.69) is 0 Å². The third kappa shape index (κ3) is 0.681. The lowest BCUT2D eigenvalue weighted by Crippen LogP contribution is -2.38. The van der Waals surface area contributed by atoms with Crippen LogP contribution in [0, 0.1) is 23.7 Å². The molecule has 4 bridgehead atoms. The summed E-state index contributed by atoms with van der Waals surface area (Å²) >= 11 is 0. The Morgan fingerprint density at radius 2 is 0.700 bits per heavy atom. The molecule has 58 valence electrons. The Labute approximate surface area is 64.5 Å². The van der Waals surface area contributed by atoms with E-state index in [1.165, 1.54) is 23.7 Å². The van der Waals surface area contributed by atoms with E-state index in [1.54, 1.807) is 38.5 Å². The highest BCUT2D eigenvalue weighted by Crippen LogP contribution is 2.53.